The van der Waals surface area contributed by atoms with E-state index in [0.29, 0.717) is 10.6 Å². The topological polar surface area (TPSA) is 128 Å². The summed E-state index contributed by atoms with van der Waals surface area (Å²) in [6.45, 7) is 8.59. The van der Waals surface area contributed by atoms with E-state index in [2.05, 4.69) is 11.9 Å². The number of alkyl carbamates (subject to hydrolysis) is 1. The number of carboxylic acids is 1. The van der Waals surface area contributed by atoms with Crippen LogP contribution in [0.1, 0.15) is 31.1 Å². The van der Waals surface area contributed by atoms with E-state index in [1.807, 2.05) is 0 Å². The van der Waals surface area contributed by atoms with E-state index in [-0.39, 0.29) is 17.9 Å². The second-order valence-electron chi connectivity index (χ2n) is 6.49. The molecule has 0 unspecified atom stereocenters. The number of benzene rings is 1. The number of nitrogens with two attached hydrogens (primary N) is 1. The standard InChI is InChI=1S/C18H24N2O6S/c1-5-8-25-16(23)11-6-7-14(12(19)9-11)27-10-13(15(21)22)20-17(24)26-18(2,3)4/h5-7,9,13H,1,8,10,19H2,2-4H3,(H,20,24)(H,21,22)/t13-/m1/s1. The van der Waals surface area contributed by atoms with Gasteiger partial charge in [-0.2, -0.15) is 0 Å². The summed E-state index contributed by atoms with van der Waals surface area (Å²) in [4.78, 5) is 35.5. The lowest BCUT2D eigenvalue weighted by molar-refractivity contribution is -0.138. The highest BCUT2D eigenvalue weighted by atomic mass is 32.2. The van der Waals surface area contributed by atoms with Gasteiger partial charge in [0, 0.05) is 16.3 Å². The number of nitrogens with one attached hydrogen (secondary N) is 1. The molecule has 0 bridgehead atoms. The first-order valence-corrected chi connectivity index (χ1v) is 9.04. The van der Waals surface area contributed by atoms with Gasteiger partial charge in [0.2, 0.25) is 0 Å². The van der Waals surface area contributed by atoms with E-state index in [1.54, 1.807) is 26.8 Å². The summed E-state index contributed by atoms with van der Waals surface area (Å²) in [5, 5.41) is 11.6. The van der Waals surface area contributed by atoms with E-state index >= 15 is 0 Å². The predicted molar refractivity (Wildman–Crippen MR) is 103 cm³/mol. The number of hydrogen-bond acceptors (Lipinski definition) is 7. The molecule has 0 saturated heterocycles. The lowest BCUT2D eigenvalue weighted by Gasteiger charge is -2.22. The van der Waals surface area contributed by atoms with Gasteiger partial charge in [-0.15, -0.1) is 11.8 Å². The Labute approximate surface area is 162 Å². The van der Waals surface area contributed by atoms with Crippen LogP contribution in [0, 0.1) is 0 Å². The number of carboxylic acid groups (broad SMARTS) is 1. The Hall–Kier alpha value is -2.68. The lowest BCUT2D eigenvalue weighted by atomic mass is 10.2. The molecule has 1 aromatic rings. The highest BCUT2D eigenvalue weighted by Crippen LogP contribution is 2.27. The third-order valence-electron chi connectivity index (χ3n) is 2.97. The van der Waals surface area contributed by atoms with Crippen LogP contribution in [0.4, 0.5) is 10.5 Å². The van der Waals surface area contributed by atoms with Crippen molar-refractivity contribution < 1.29 is 29.0 Å². The number of amides is 1. The maximum Gasteiger partial charge on any atom is 0.408 e. The van der Waals surface area contributed by atoms with Gasteiger partial charge in [0.05, 0.1) is 5.56 Å². The molecule has 1 aromatic carbocycles. The van der Waals surface area contributed by atoms with Gasteiger partial charge in [0.15, 0.2) is 0 Å². The van der Waals surface area contributed by atoms with Crippen molar-refractivity contribution in [2.45, 2.75) is 37.3 Å². The lowest BCUT2D eigenvalue weighted by Crippen LogP contribution is -2.44. The summed E-state index contributed by atoms with van der Waals surface area (Å²) in [5.41, 5.74) is 5.77. The van der Waals surface area contributed by atoms with E-state index in [0.717, 1.165) is 11.8 Å². The number of ether oxygens (including phenoxy) is 2. The predicted octanol–water partition coefficient (Wildman–Crippen LogP) is 2.68. The fourth-order valence-electron chi connectivity index (χ4n) is 1.82. The summed E-state index contributed by atoms with van der Waals surface area (Å²) in [6, 6.07) is 3.41. The molecular weight excluding hydrogens is 372 g/mol. The summed E-state index contributed by atoms with van der Waals surface area (Å²) >= 11 is 1.14. The zero-order valence-corrected chi connectivity index (χ0v) is 16.3. The van der Waals surface area contributed by atoms with Crippen LogP contribution < -0.4 is 11.1 Å². The van der Waals surface area contributed by atoms with E-state index < -0.39 is 29.7 Å². The maximum atomic E-state index is 11.8. The number of carbonyl (C=O) groups excluding carboxylic acids is 2. The van der Waals surface area contributed by atoms with Crippen LogP contribution in [-0.4, -0.2) is 47.1 Å². The molecule has 0 radical (unpaired) electrons. The average molecular weight is 396 g/mol. The van der Waals surface area contributed by atoms with Crippen molar-refractivity contribution in [1.29, 1.82) is 0 Å². The fraction of sp³-hybridized carbons (Fsp3) is 0.389. The number of esters is 1. The third kappa shape index (κ3) is 8.04. The normalized spacial score (nSPS) is 12.0. The smallest absolute Gasteiger partial charge is 0.408 e. The summed E-state index contributed by atoms with van der Waals surface area (Å²) in [5.74, 6) is -1.70. The van der Waals surface area contributed by atoms with Gasteiger partial charge < -0.3 is 25.6 Å². The molecule has 9 heteroatoms. The molecule has 0 aliphatic rings. The Balaban J connectivity index is 2.73. The molecule has 1 rings (SSSR count). The molecule has 0 fully saturated rings. The number of hydrogen-bond donors (Lipinski definition) is 3. The van der Waals surface area contributed by atoms with Crippen molar-refractivity contribution in [2.24, 2.45) is 0 Å². The monoisotopic (exact) mass is 396 g/mol. The second kappa shape index (κ2) is 9.86. The van der Waals surface area contributed by atoms with Crippen LogP contribution in [-0.2, 0) is 14.3 Å². The van der Waals surface area contributed by atoms with Crippen LogP contribution in [0.2, 0.25) is 0 Å². The van der Waals surface area contributed by atoms with Crippen molar-refractivity contribution in [3.8, 4) is 0 Å². The highest BCUT2D eigenvalue weighted by molar-refractivity contribution is 7.99. The van der Waals surface area contributed by atoms with Crippen molar-refractivity contribution in [1.82, 2.24) is 5.32 Å². The van der Waals surface area contributed by atoms with Gasteiger partial charge in [-0.1, -0.05) is 12.7 Å². The minimum atomic E-state index is -1.20. The fourth-order valence-corrected chi connectivity index (χ4v) is 2.78. The first-order chi connectivity index (χ1) is 12.5. The highest BCUT2D eigenvalue weighted by Gasteiger charge is 2.24. The van der Waals surface area contributed by atoms with Crippen molar-refractivity contribution in [3.05, 3.63) is 36.4 Å². The van der Waals surface area contributed by atoms with E-state index in [1.165, 1.54) is 18.2 Å². The first kappa shape index (κ1) is 22.4. The Kier molecular flexibility index (Phi) is 8.17. The average Bonchev–Trinajstić information content (AvgIpc) is 2.55. The van der Waals surface area contributed by atoms with Crippen LogP contribution >= 0.6 is 11.8 Å². The number of nitrogen functional groups attached to an aromatic ring is 1. The van der Waals surface area contributed by atoms with Crippen molar-refractivity contribution in [2.75, 3.05) is 18.1 Å². The molecule has 148 valence electrons. The third-order valence-corrected chi connectivity index (χ3v) is 4.16. The SMILES string of the molecule is C=CCOC(=O)c1ccc(SC[C@@H](NC(=O)OC(C)(C)C)C(=O)O)c(N)c1. The minimum Gasteiger partial charge on any atom is -0.480 e. The van der Waals surface area contributed by atoms with Gasteiger partial charge in [-0.25, -0.2) is 14.4 Å². The molecule has 0 spiro atoms. The molecular formula is C18H24N2O6S. The first-order valence-electron chi connectivity index (χ1n) is 8.06. The Bertz CT molecular complexity index is 714. The Morgan fingerprint density at radius 1 is 1.37 bits per heavy atom. The summed E-state index contributed by atoms with van der Waals surface area (Å²) in [6.07, 6.45) is 0.638. The number of aliphatic carboxylic acids is 1. The van der Waals surface area contributed by atoms with Gasteiger partial charge >= 0.3 is 18.0 Å². The van der Waals surface area contributed by atoms with Gasteiger partial charge in [0.25, 0.3) is 0 Å². The number of rotatable bonds is 8. The van der Waals surface area contributed by atoms with Crippen LogP contribution in [0.3, 0.4) is 0 Å². The molecule has 8 nitrogen and oxygen atoms in total. The number of anilines is 1. The molecule has 27 heavy (non-hydrogen) atoms. The molecule has 0 aromatic heterocycles. The Morgan fingerprint density at radius 3 is 2.56 bits per heavy atom. The zero-order chi connectivity index (χ0) is 20.6. The van der Waals surface area contributed by atoms with Gasteiger partial charge in [-0.3, -0.25) is 0 Å². The van der Waals surface area contributed by atoms with Gasteiger partial charge in [-0.05, 0) is 39.0 Å². The van der Waals surface area contributed by atoms with E-state index in [4.69, 9.17) is 15.2 Å². The molecule has 1 amide bonds. The summed E-state index contributed by atoms with van der Waals surface area (Å²) in [7, 11) is 0. The molecule has 1 atom stereocenters. The second-order valence-corrected chi connectivity index (χ2v) is 7.55. The largest absolute Gasteiger partial charge is 0.480 e. The minimum absolute atomic E-state index is 0.0268. The van der Waals surface area contributed by atoms with Crippen molar-refractivity contribution in [3.63, 3.8) is 0 Å². The zero-order valence-electron chi connectivity index (χ0n) is 15.5. The van der Waals surface area contributed by atoms with Crippen LogP contribution in [0.15, 0.2) is 35.7 Å². The molecule has 0 aliphatic carbocycles. The summed E-state index contributed by atoms with van der Waals surface area (Å²) < 4.78 is 9.99. The van der Waals surface area contributed by atoms with Gasteiger partial charge in [0.1, 0.15) is 18.2 Å². The number of carbonyl (C=O) groups is 3. The number of thioether (sulfide) groups is 1. The quantitative estimate of drug-likeness (QED) is 0.265. The van der Waals surface area contributed by atoms with Crippen LogP contribution in [0.5, 0.6) is 0 Å². The molecule has 0 saturated carbocycles. The van der Waals surface area contributed by atoms with E-state index in [9.17, 15) is 19.5 Å². The molecule has 0 aliphatic heterocycles. The molecule has 0 heterocycles. The molecule has 4 N–H and O–H groups in total. The van der Waals surface area contributed by atoms with Crippen LogP contribution in [0.25, 0.3) is 0 Å². The van der Waals surface area contributed by atoms with Crippen molar-refractivity contribution >= 4 is 35.5 Å². The Morgan fingerprint density at radius 2 is 2.04 bits per heavy atom. The maximum absolute atomic E-state index is 11.8.